The molecule has 134 valence electrons. The van der Waals surface area contributed by atoms with Gasteiger partial charge in [0.25, 0.3) is 5.91 Å². The molecule has 1 atom stereocenters. The highest BCUT2D eigenvalue weighted by molar-refractivity contribution is 7.12. The summed E-state index contributed by atoms with van der Waals surface area (Å²) in [5, 5.41) is 12.4. The van der Waals surface area contributed by atoms with Crippen LogP contribution in [0.2, 0.25) is 0 Å². The van der Waals surface area contributed by atoms with Crippen molar-refractivity contribution >= 4 is 23.1 Å². The summed E-state index contributed by atoms with van der Waals surface area (Å²) in [4.78, 5) is 15.3. The van der Waals surface area contributed by atoms with E-state index in [2.05, 4.69) is 20.4 Å². The molecule has 1 amide bonds. The van der Waals surface area contributed by atoms with Crippen molar-refractivity contribution in [1.29, 1.82) is 0 Å². The third kappa shape index (κ3) is 3.35. The molecule has 2 N–H and O–H groups in total. The first-order valence-electron chi connectivity index (χ1n) is 8.51. The van der Waals surface area contributed by atoms with Crippen LogP contribution < -0.4 is 10.2 Å². The van der Waals surface area contributed by atoms with Crippen LogP contribution in [0.4, 0.5) is 10.2 Å². The molecule has 0 saturated carbocycles. The number of aryl methyl sites for hydroxylation is 1. The molecule has 26 heavy (non-hydrogen) atoms. The van der Waals surface area contributed by atoms with Crippen molar-refractivity contribution in [2.75, 3.05) is 18.0 Å². The monoisotopic (exact) mass is 370 g/mol. The number of hydrogen-bond acceptors (Lipinski definition) is 4. The molecule has 5 nitrogen and oxygen atoms in total. The van der Waals surface area contributed by atoms with Gasteiger partial charge in [0.2, 0.25) is 0 Å². The number of benzene rings is 1. The van der Waals surface area contributed by atoms with E-state index in [1.54, 1.807) is 12.1 Å². The molecule has 3 aromatic rings. The average Bonchev–Trinajstić information content (AvgIpc) is 3.35. The number of carbonyl (C=O) groups is 1. The Bertz CT molecular complexity index is 918. The molecule has 1 aromatic carbocycles. The summed E-state index contributed by atoms with van der Waals surface area (Å²) in [5.74, 6) is 0.583. The first-order chi connectivity index (χ1) is 12.6. The van der Waals surface area contributed by atoms with Crippen molar-refractivity contribution in [3.05, 3.63) is 58.0 Å². The second-order valence-corrected chi connectivity index (χ2v) is 7.40. The largest absolute Gasteiger partial charge is 0.353 e. The Morgan fingerprint density at radius 1 is 1.35 bits per heavy atom. The Hall–Kier alpha value is -2.67. The van der Waals surface area contributed by atoms with Gasteiger partial charge < -0.3 is 10.2 Å². The SMILES string of the molecule is Cc1ccsc1C(=O)N[C@@H]1CCN(c2cc(-c3ccc(F)cc3)[nH]n2)C1. The average molecular weight is 370 g/mol. The zero-order valence-electron chi connectivity index (χ0n) is 14.3. The zero-order valence-corrected chi connectivity index (χ0v) is 15.1. The van der Waals surface area contributed by atoms with Gasteiger partial charge in [0.15, 0.2) is 5.82 Å². The first kappa shape index (κ1) is 16.8. The smallest absolute Gasteiger partial charge is 0.261 e. The number of aromatic amines is 1. The fraction of sp³-hybridized carbons (Fsp3) is 0.263. The molecule has 1 aliphatic heterocycles. The van der Waals surface area contributed by atoms with Gasteiger partial charge in [-0.15, -0.1) is 11.3 Å². The molecular weight excluding hydrogens is 351 g/mol. The predicted octanol–water partition coefficient (Wildman–Crippen LogP) is 3.59. The predicted molar refractivity (Wildman–Crippen MR) is 101 cm³/mol. The van der Waals surface area contributed by atoms with Crippen molar-refractivity contribution in [2.24, 2.45) is 0 Å². The topological polar surface area (TPSA) is 61.0 Å². The molecule has 1 aliphatic rings. The van der Waals surface area contributed by atoms with Gasteiger partial charge in [-0.05, 0) is 60.2 Å². The molecule has 2 aromatic heterocycles. The fourth-order valence-corrected chi connectivity index (χ4v) is 4.02. The Morgan fingerprint density at radius 2 is 2.15 bits per heavy atom. The van der Waals surface area contributed by atoms with Crippen LogP contribution in [0.25, 0.3) is 11.3 Å². The summed E-state index contributed by atoms with van der Waals surface area (Å²) in [6, 6.07) is 10.3. The number of anilines is 1. The van der Waals surface area contributed by atoms with Crippen LogP contribution in [0.1, 0.15) is 21.7 Å². The number of aromatic nitrogens is 2. The van der Waals surface area contributed by atoms with E-state index in [4.69, 9.17) is 0 Å². The standard InChI is InChI=1S/C19H19FN4OS/c1-12-7-9-26-18(12)19(25)21-15-6-8-24(11-15)17-10-16(22-23-17)13-2-4-14(20)5-3-13/h2-5,7,9-10,15H,6,8,11H2,1H3,(H,21,25)(H,22,23)/t15-/m1/s1. The quantitative estimate of drug-likeness (QED) is 0.738. The van der Waals surface area contributed by atoms with Gasteiger partial charge in [-0.3, -0.25) is 9.89 Å². The van der Waals surface area contributed by atoms with Gasteiger partial charge in [0.1, 0.15) is 5.82 Å². The Labute approximate surface area is 154 Å². The van der Waals surface area contributed by atoms with E-state index in [0.717, 1.165) is 47.0 Å². The Balaban J connectivity index is 1.40. The van der Waals surface area contributed by atoms with E-state index < -0.39 is 0 Å². The number of carbonyl (C=O) groups excluding carboxylic acids is 1. The van der Waals surface area contributed by atoms with Gasteiger partial charge in [0, 0.05) is 25.2 Å². The molecule has 0 spiro atoms. The minimum Gasteiger partial charge on any atom is -0.353 e. The van der Waals surface area contributed by atoms with Crippen LogP contribution in [0, 0.1) is 12.7 Å². The lowest BCUT2D eigenvalue weighted by Crippen LogP contribution is -2.37. The minimum atomic E-state index is -0.257. The number of nitrogens with zero attached hydrogens (tertiary/aromatic N) is 2. The molecule has 4 rings (SSSR count). The van der Waals surface area contributed by atoms with Gasteiger partial charge in [-0.1, -0.05) is 0 Å². The van der Waals surface area contributed by atoms with E-state index in [0.29, 0.717) is 0 Å². The van der Waals surface area contributed by atoms with Crippen molar-refractivity contribution in [1.82, 2.24) is 15.5 Å². The number of halogens is 1. The minimum absolute atomic E-state index is 0.00150. The summed E-state index contributed by atoms with van der Waals surface area (Å²) >= 11 is 1.47. The molecule has 0 aliphatic carbocycles. The maximum Gasteiger partial charge on any atom is 0.261 e. The third-order valence-corrected chi connectivity index (χ3v) is 5.65. The van der Waals surface area contributed by atoms with Gasteiger partial charge >= 0.3 is 0 Å². The summed E-state index contributed by atoms with van der Waals surface area (Å²) in [6.45, 7) is 3.51. The van der Waals surface area contributed by atoms with Gasteiger partial charge in [-0.2, -0.15) is 5.10 Å². The number of nitrogens with one attached hydrogen (secondary N) is 2. The van der Waals surface area contributed by atoms with E-state index in [9.17, 15) is 9.18 Å². The van der Waals surface area contributed by atoms with Crippen LogP contribution >= 0.6 is 11.3 Å². The summed E-state index contributed by atoms with van der Waals surface area (Å²) < 4.78 is 13.1. The molecule has 1 fully saturated rings. The van der Waals surface area contributed by atoms with E-state index in [-0.39, 0.29) is 17.8 Å². The highest BCUT2D eigenvalue weighted by Crippen LogP contribution is 2.25. The molecule has 0 unspecified atom stereocenters. The van der Waals surface area contributed by atoms with Gasteiger partial charge in [0.05, 0.1) is 10.6 Å². The molecule has 1 saturated heterocycles. The molecule has 7 heteroatoms. The first-order valence-corrected chi connectivity index (χ1v) is 9.39. The van der Waals surface area contributed by atoms with Gasteiger partial charge in [-0.25, -0.2) is 4.39 Å². The number of hydrogen-bond donors (Lipinski definition) is 2. The van der Waals surface area contributed by atoms with E-state index in [1.807, 2.05) is 24.4 Å². The third-order valence-electron chi connectivity index (χ3n) is 4.64. The van der Waals surface area contributed by atoms with Crippen molar-refractivity contribution < 1.29 is 9.18 Å². The van der Waals surface area contributed by atoms with Crippen LogP contribution in [0.3, 0.4) is 0 Å². The van der Waals surface area contributed by atoms with Crippen LogP contribution in [0.15, 0.2) is 41.8 Å². The summed E-state index contributed by atoms with van der Waals surface area (Å²) in [5.41, 5.74) is 2.75. The van der Waals surface area contributed by atoms with Crippen molar-refractivity contribution in [2.45, 2.75) is 19.4 Å². The van der Waals surface area contributed by atoms with Crippen molar-refractivity contribution in [3.8, 4) is 11.3 Å². The number of thiophene rings is 1. The Morgan fingerprint density at radius 3 is 2.88 bits per heavy atom. The maximum absolute atomic E-state index is 13.1. The van der Waals surface area contributed by atoms with Crippen LogP contribution in [-0.4, -0.2) is 35.2 Å². The fourth-order valence-electron chi connectivity index (χ4n) is 3.19. The second-order valence-electron chi connectivity index (χ2n) is 6.48. The highest BCUT2D eigenvalue weighted by Gasteiger charge is 2.26. The zero-order chi connectivity index (χ0) is 18.1. The number of rotatable bonds is 4. The summed E-state index contributed by atoms with van der Waals surface area (Å²) in [7, 11) is 0. The van der Waals surface area contributed by atoms with Crippen molar-refractivity contribution in [3.63, 3.8) is 0 Å². The molecular formula is C19H19FN4OS. The lowest BCUT2D eigenvalue weighted by atomic mass is 10.1. The van der Waals surface area contributed by atoms with E-state index >= 15 is 0 Å². The molecule has 0 radical (unpaired) electrons. The lowest BCUT2D eigenvalue weighted by molar-refractivity contribution is 0.0944. The lowest BCUT2D eigenvalue weighted by Gasteiger charge is -2.16. The van der Waals surface area contributed by atoms with Crippen LogP contribution in [0.5, 0.6) is 0 Å². The molecule has 0 bridgehead atoms. The normalized spacial score (nSPS) is 16.8. The highest BCUT2D eigenvalue weighted by atomic mass is 32.1. The second kappa shape index (κ2) is 6.92. The number of amides is 1. The summed E-state index contributed by atoms with van der Waals surface area (Å²) in [6.07, 6.45) is 0.884. The number of H-pyrrole nitrogens is 1. The van der Waals surface area contributed by atoms with E-state index in [1.165, 1.54) is 23.5 Å². The molecule has 3 heterocycles. The Kier molecular flexibility index (Phi) is 4.46. The van der Waals surface area contributed by atoms with Crippen LogP contribution in [-0.2, 0) is 0 Å². The maximum atomic E-state index is 13.1.